The van der Waals surface area contributed by atoms with Crippen LogP contribution in [0.2, 0.25) is 0 Å². The number of anilines is 1. The highest BCUT2D eigenvalue weighted by Gasteiger charge is 2.22. The first-order chi connectivity index (χ1) is 18.1. The third-order valence-electron chi connectivity index (χ3n) is 5.81. The first kappa shape index (κ1) is 26.8. The van der Waals surface area contributed by atoms with E-state index in [1.54, 1.807) is 0 Å². The van der Waals surface area contributed by atoms with Crippen LogP contribution in [0.3, 0.4) is 0 Å². The fourth-order valence-electron chi connectivity index (χ4n) is 4.07. The summed E-state index contributed by atoms with van der Waals surface area (Å²) in [6, 6.07) is 24.7. The molecule has 0 amide bonds. The van der Waals surface area contributed by atoms with Crippen molar-refractivity contribution in [1.29, 1.82) is 0 Å². The first-order valence-electron chi connectivity index (χ1n) is 12.1. The average Bonchev–Trinajstić information content (AvgIpc) is 3.23. The van der Waals surface area contributed by atoms with Crippen molar-refractivity contribution in [3.63, 3.8) is 0 Å². The van der Waals surface area contributed by atoms with E-state index in [2.05, 4.69) is 71.0 Å². The van der Waals surface area contributed by atoms with Crippen LogP contribution in [0.5, 0.6) is 5.75 Å². The highest BCUT2D eigenvalue weighted by atomic mass is 19.5. The number of ether oxygens (including phenoxy) is 1. The van der Waals surface area contributed by atoms with Crippen LogP contribution in [0.25, 0.3) is 28.8 Å². The molecular weight excluding hydrogens is 495 g/mol. The molecule has 0 unspecified atom stereocenters. The van der Waals surface area contributed by atoms with E-state index in [4.69, 9.17) is 9.15 Å². The number of aryl methyl sites for hydroxylation is 1. The quantitative estimate of drug-likeness (QED) is 0.153. The van der Waals surface area contributed by atoms with Gasteiger partial charge in [-0.05, 0) is 48.4 Å². The van der Waals surface area contributed by atoms with Gasteiger partial charge in [0.25, 0.3) is 5.52 Å². The van der Waals surface area contributed by atoms with Crippen LogP contribution in [0, 0.1) is 0 Å². The number of benzene rings is 3. The summed E-state index contributed by atoms with van der Waals surface area (Å²) in [5.41, 5.74) is 6.45. The fourth-order valence-corrected chi connectivity index (χ4v) is 4.07. The van der Waals surface area contributed by atoms with Gasteiger partial charge >= 0.3 is 13.1 Å². The zero-order chi connectivity index (χ0) is 27.3. The summed E-state index contributed by atoms with van der Waals surface area (Å²) in [4.78, 5) is 2.10. The molecular formula is C29H27BF4N2O2. The van der Waals surface area contributed by atoms with Gasteiger partial charge in [-0.25, -0.2) is 0 Å². The van der Waals surface area contributed by atoms with Crippen molar-refractivity contribution in [1.82, 2.24) is 0 Å². The maximum atomic E-state index is 9.75. The number of halogens is 4. The number of fused-ring (bicyclic) bond motifs is 2. The van der Waals surface area contributed by atoms with E-state index in [0.29, 0.717) is 0 Å². The second-order valence-electron chi connectivity index (χ2n) is 8.71. The summed E-state index contributed by atoms with van der Waals surface area (Å²) in [6.45, 7) is 2.93. The Kier molecular flexibility index (Phi) is 8.05. The highest BCUT2D eigenvalue weighted by Crippen LogP contribution is 2.35. The van der Waals surface area contributed by atoms with Crippen molar-refractivity contribution >= 4 is 41.8 Å². The maximum absolute atomic E-state index is 9.75. The molecule has 0 N–H and O–H groups in total. The van der Waals surface area contributed by atoms with Gasteiger partial charge in [0.2, 0.25) is 5.58 Å². The largest absolute Gasteiger partial charge is 0.673 e. The van der Waals surface area contributed by atoms with Crippen LogP contribution in [0.15, 0.2) is 95.1 Å². The predicted octanol–water partition coefficient (Wildman–Crippen LogP) is 7.64. The molecule has 0 radical (unpaired) electrons. The molecule has 0 aliphatic carbocycles. The van der Waals surface area contributed by atoms with Gasteiger partial charge in [-0.2, -0.15) is 4.57 Å². The first-order valence-corrected chi connectivity index (χ1v) is 12.1. The fraction of sp³-hybridized carbons (Fsp3) is 0.138. The molecule has 5 rings (SSSR count). The topological polar surface area (TPSA) is 29.5 Å². The Labute approximate surface area is 218 Å². The molecule has 0 fully saturated rings. The number of hydrogen-bond acceptors (Lipinski definition) is 3. The number of hydrogen-bond donors (Lipinski definition) is 0. The second kappa shape index (κ2) is 11.4. The summed E-state index contributed by atoms with van der Waals surface area (Å²) in [6.07, 6.45) is 8.32. The van der Waals surface area contributed by atoms with Gasteiger partial charge < -0.3 is 31.3 Å². The zero-order valence-corrected chi connectivity index (χ0v) is 21.2. The standard InChI is InChI=1S/C29H27N2O2.BF4/c1-4-31-26-10-6-8-12-28(26)33-29(31)20-24-19-22(25-9-5-7-11-27(25)32-24)16-13-21-14-17-23(18-15-21)30(2)3;2-1(3,4)5/h5-20H,4H2,1-3H3;/q+1;-1. The number of allylic oxidation sites excluding steroid dienone is 3. The van der Waals surface area contributed by atoms with E-state index in [9.17, 15) is 17.3 Å². The lowest BCUT2D eigenvalue weighted by molar-refractivity contribution is -0.674. The van der Waals surface area contributed by atoms with E-state index in [1.807, 2.05) is 56.6 Å². The van der Waals surface area contributed by atoms with E-state index < -0.39 is 7.25 Å². The van der Waals surface area contributed by atoms with Gasteiger partial charge in [0.1, 0.15) is 18.1 Å². The van der Waals surface area contributed by atoms with Gasteiger partial charge in [-0.1, -0.05) is 54.6 Å². The molecule has 1 aliphatic heterocycles. The summed E-state index contributed by atoms with van der Waals surface area (Å²) in [5, 5.41) is 0. The van der Waals surface area contributed by atoms with Crippen LogP contribution in [-0.4, -0.2) is 21.3 Å². The lowest BCUT2D eigenvalue weighted by atomic mass is 10.00. The summed E-state index contributed by atoms with van der Waals surface area (Å²) in [5.74, 6) is 2.36. The van der Waals surface area contributed by atoms with Crippen LogP contribution in [0.1, 0.15) is 23.9 Å². The molecule has 0 bridgehead atoms. The maximum Gasteiger partial charge on any atom is 0.673 e. The van der Waals surface area contributed by atoms with Gasteiger partial charge in [0, 0.05) is 31.4 Å². The molecule has 1 aliphatic rings. The van der Waals surface area contributed by atoms with Gasteiger partial charge in [0.05, 0.1) is 6.08 Å². The molecule has 2 heterocycles. The predicted molar refractivity (Wildman–Crippen MR) is 145 cm³/mol. The number of rotatable bonds is 5. The van der Waals surface area contributed by atoms with Crippen molar-refractivity contribution in [2.75, 3.05) is 19.0 Å². The molecule has 0 saturated heterocycles. The van der Waals surface area contributed by atoms with Gasteiger partial charge in [-0.3, -0.25) is 0 Å². The van der Waals surface area contributed by atoms with Gasteiger partial charge in [-0.15, -0.1) is 0 Å². The third kappa shape index (κ3) is 6.73. The van der Waals surface area contributed by atoms with Crippen molar-refractivity contribution in [3.05, 3.63) is 108 Å². The number of oxazole rings is 1. The van der Waals surface area contributed by atoms with Crippen molar-refractivity contribution in [3.8, 4) is 5.75 Å². The zero-order valence-electron chi connectivity index (χ0n) is 21.2. The minimum Gasteiger partial charge on any atom is -0.456 e. The molecule has 38 heavy (non-hydrogen) atoms. The Balaban J connectivity index is 0.000000617. The van der Waals surface area contributed by atoms with Crippen molar-refractivity contribution in [2.45, 2.75) is 13.5 Å². The molecule has 0 saturated carbocycles. The summed E-state index contributed by atoms with van der Waals surface area (Å²) >= 11 is 0. The SMILES string of the molecule is CC[n+]1c(C=C2C=C(C=Cc3ccc(N(C)C)cc3)c3ccccc3O2)oc2ccccc21.F[B-](F)(F)F. The van der Waals surface area contributed by atoms with Crippen molar-refractivity contribution in [2.24, 2.45) is 0 Å². The number of nitrogens with zero attached hydrogens (tertiary/aromatic N) is 2. The van der Waals surface area contributed by atoms with Crippen molar-refractivity contribution < 1.29 is 31.0 Å². The lowest BCUT2D eigenvalue weighted by Crippen LogP contribution is -2.33. The average molecular weight is 522 g/mol. The molecule has 196 valence electrons. The highest BCUT2D eigenvalue weighted by molar-refractivity contribution is 6.50. The Morgan fingerprint density at radius 3 is 2.21 bits per heavy atom. The van der Waals surface area contributed by atoms with Gasteiger partial charge in [0.15, 0.2) is 0 Å². The van der Waals surface area contributed by atoms with Crippen LogP contribution in [-0.2, 0) is 6.54 Å². The molecule has 4 nitrogen and oxygen atoms in total. The Bertz CT molecular complexity index is 1500. The second-order valence-corrected chi connectivity index (χ2v) is 8.71. The minimum absolute atomic E-state index is 0.748. The monoisotopic (exact) mass is 522 g/mol. The smallest absolute Gasteiger partial charge is 0.456 e. The summed E-state index contributed by atoms with van der Waals surface area (Å²) in [7, 11) is -1.90. The van der Waals surface area contributed by atoms with Crippen LogP contribution >= 0.6 is 0 Å². The van der Waals surface area contributed by atoms with Crippen LogP contribution < -0.4 is 14.2 Å². The molecule has 0 atom stereocenters. The molecule has 4 aromatic rings. The Morgan fingerprint density at radius 2 is 1.53 bits per heavy atom. The minimum atomic E-state index is -6.00. The Morgan fingerprint density at radius 1 is 0.868 bits per heavy atom. The molecule has 9 heteroatoms. The third-order valence-corrected chi connectivity index (χ3v) is 5.81. The van der Waals surface area contributed by atoms with E-state index in [1.165, 1.54) is 5.69 Å². The molecule has 3 aromatic carbocycles. The van der Waals surface area contributed by atoms with E-state index >= 15 is 0 Å². The lowest BCUT2D eigenvalue weighted by Gasteiger charge is -2.18. The van der Waals surface area contributed by atoms with E-state index in [0.717, 1.165) is 51.7 Å². The normalized spacial score (nSPS) is 14.1. The molecule has 1 aromatic heterocycles. The molecule has 0 spiro atoms. The van der Waals surface area contributed by atoms with E-state index in [-0.39, 0.29) is 0 Å². The number of aromatic nitrogens is 1. The van der Waals surface area contributed by atoms with Crippen LogP contribution in [0.4, 0.5) is 23.0 Å². The summed E-state index contributed by atoms with van der Waals surface area (Å²) < 4.78 is 53.5. The Hall–Kier alpha value is -4.27. The number of para-hydroxylation sites is 3.